The molecule has 0 aromatic heterocycles. The van der Waals surface area contributed by atoms with Crippen molar-refractivity contribution in [1.29, 1.82) is 0 Å². The molecule has 2 aliphatic heterocycles. The van der Waals surface area contributed by atoms with E-state index in [1.54, 1.807) is 0 Å². The van der Waals surface area contributed by atoms with Crippen molar-refractivity contribution in [2.75, 3.05) is 0 Å². The first-order valence-electron chi connectivity index (χ1n) is 4.81. The van der Waals surface area contributed by atoms with Crippen molar-refractivity contribution in [1.82, 2.24) is 0 Å². The second kappa shape index (κ2) is 4.54. The molecule has 0 spiro atoms. The van der Waals surface area contributed by atoms with Gasteiger partial charge in [-0.2, -0.15) is 0 Å². The molecule has 4 nitrogen and oxygen atoms in total. The zero-order valence-corrected chi connectivity index (χ0v) is 13.1. The van der Waals surface area contributed by atoms with E-state index in [2.05, 4.69) is 0 Å². The van der Waals surface area contributed by atoms with E-state index in [-0.39, 0.29) is 12.8 Å². The molecule has 0 amide bonds. The van der Waals surface area contributed by atoms with Gasteiger partial charge < -0.3 is 19.7 Å². The van der Waals surface area contributed by atoms with Gasteiger partial charge in [0, 0.05) is 12.8 Å². The van der Waals surface area contributed by atoms with Crippen molar-refractivity contribution in [2.24, 2.45) is 0 Å². The third kappa shape index (κ3) is 2.67. The van der Waals surface area contributed by atoms with Gasteiger partial charge in [0.05, 0.1) is 0 Å². The van der Waals surface area contributed by atoms with E-state index in [0.29, 0.717) is 0 Å². The standard InChI is InChI=1S/C8H8Cl6O4/c9-7(10,11)3-1-5(15)6(16,17-3)2-4(18-5)8(12,13)14/h3-4,15-16H,1-2H2/t3-,4+,5-,6-/m1/s1. The quantitative estimate of drug-likeness (QED) is 0.634. The molecule has 0 radical (unpaired) electrons. The number of alkyl halides is 6. The molecular formula is C8H8Cl6O4. The Hall–Kier alpha value is 1.58. The average molecular weight is 381 g/mol. The molecule has 18 heavy (non-hydrogen) atoms. The fourth-order valence-electron chi connectivity index (χ4n) is 2.02. The third-order valence-corrected chi connectivity index (χ3v) is 4.40. The molecule has 106 valence electrons. The number of hydrogen-bond donors (Lipinski definition) is 2. The molecular weight excluding hydrogens is 373 g/mol. The predicted molar refractivity (Wildman–Crippen MR) is 69.5 cm³/mol. The van der Waals surface area contributed by atoms with Crippen LogP contribution in [0.1, 0.15) is 12.8 Å². The number of ether oxygens (including phenoxy) is 2. The molecule has 2 heterocycles. The average Bonchev–Trinajstić information content (AvgIpc) is 2.48. The van der Waals surface area contributed by atoms with Crippen LogP contribution in [-0.4, -0.2) is 41.6 Å². The van der Waals surface area contributed by atoms with E-state index in [0.717, 1.165) is 0 Å². The van der Waals surface area contributed by atoms with Crippen LogP contribution in [0.15, 0.2) is 0 Å². The highest BCUT2D eigenvalue weighted by molar-refractivity contribution is 6.68. The van der Waals surface area contributed by atoms with Gasteiger partial charge in [0.1, 0.15) is 12.2 Å². The summed E-state index contributed by atoms with van der Waals surface area (Å²) in [6.45, 7) is 0. The Labute approximate surface area is 133 Å². The van der Waals surface area contributed by atoms with E-state index >= 15 is 0 Å². The van der Waals surface area contributed by atoms with E-state index in [9.17, 15) is 10.2 Å². The molecule has 4 atom stereocenters. The van der Waals surface area contributed by atoms with Crippen LogP contribution in [0.4, 0.5) is 0 Å². The SMILES string of the molecule is O[C@@]12C[C@H](C(Cl)(Cl)Cl)O[C@]1(O)C[C@@H](C(Cl)(Cl)Cl)O2. The van der Waals surface area contributed by atoms with Gasteiger partial charge in [-0.15, -0.1) is 0 Å². The Balaban J connectivity index is 2.21. The second-order valence-corrected chi connectivity index (χ2v) is 9.01. The Morgan fingerprint density at radius 1 is 0.778 bits per heavy atom. The highest BCUT2D eigenvalue weighted by Crippen LogP contribution is 2.56. The Kier molecular flexibility index (Phi) is 4.02. The van der Waals surface area contributed by atoms with Crippen molar-refractivity contribution >= 4 is 69.6 Å². The highest BCUT2D eigenvalue weighted by atomic mass is 35.6. The highest BCUT2D eigenvalue weighted by Gasteiger charge is 2.70. The minimum atomic E-state index is -2.07. The van der Waals surface area contributed by atoms with Crippen LogP contribution in [-0.2, 0) is 9.47 Å². The van der Waals surface area contributed by atoms with Crippen molar-refractivity contribution in [3.8, 4) is 0 Å². The topological polar surface area (TPSA) is 58.9 Å². The molecule has 0 saturated carbocycles. The maximum Gasteiger partial charge on any atom is 0.224 e. The van der Waals surface area contributed by atoms with Crippen LogP contribution in [0.2, 0.25) is 0 Å². The van der Waals surface area contributed by atoms with Gasteiger partial charge in [0.15, 0.2) is 0 Å². The van der Waals surface area contributed by atoms with Crippen molar-refractivity contribution in [3.63, 3.8) is 0 Å². The second-order valence-electron chi connectivity index (χ2n) is 4.27. The van der Waals surface area contributed by atoms with Crippen LogP contribution >= 0.6 is 69.6 Å². The molecule has 2 fully saturated rings. The lowest BCUT2D eigenvalue weighted by atomic mass is 10.0. The molecule has 0 aliphatic carbocycles. The van der Waals surface area contributed by atoms with E-state index < -0.39 is 31.4 Å². The van der Waals surface area contributed by atoms with Gasteiger partial charge in [0.25, 0.3) is 0 Å². The summed E-state index contributed by atoms with van der Waals surface area (Å²) >= 11 is 33.9. The molecule has 0 aromatic rings. The molecule has 2 N–H and O–H groups in total. The van der Waals surface area contributed by atoms with E-state index in [4.69, 9.17) is 79.1 Å². The Bertz CT molecular complexity index is 304. The van der Waals surface area contributed by atoms with Gasteiger partial charge in [-0.1, -0.05) is 69.6 Å². The molecule has 0 aromatic carbocycles. The van der Waals surface area contributed by atoms with Crippen molar-refractivity contribution in [3.05, 3.63) is 0 Å². The lowest BCUT2D eigenvalue weighted by molar-refractivity contribution is -0.308. The molecule has 10 heteroatoms. The summed E-state index contributed by atoms with van der Waals surface area (Å²) in [5.74, 6) is -4.15. The number of aliphatic hydroxyl groups is 2. The van der Waals surface area contributed by atoms with Crippen LogP contribution < -0.4 is 0 Å². The van der Waals surface area contributed by atoms with E-state index in [1.807, 2.05) is 0 Å². The van der Waals surface area contributed by atoms with Gasteiger partial charge in [-0.25, -0.2) is 0 Å². The monoisotopic (exact) mass is 378 g/mol. The normalized spacial score (nSPS) is 45.3. The van der Waals surface area contributed by atoms with Crippen LogP contribution in [0.5, 0.6) is 0 Å². The van der Waals surface area contributed by atoms with Crippen LogP contribution in [0, 0.1) is 0 Å². The largest absolute Gasteiger partial charge is 0.361 e. The summed E-state index contributed by atoms with van der Waals surface area (Å²) in [6, 6.07) is 0. The molecule has 2 aliphatic rings. The summed E-state index contributed by atoms with van der Waals surface area (Å²) < 4.78 is 6.73. The Morgan fingerprint density at radius 2 is 1.06 bits per heavy atom. The maximum absolute atomic E-state index is 10.2. The van der Waals surface area contributed by atoms with Crippen molar-refractivity contribution in [2.45, 2.75) is 44.2 Å². The van der Waals surface area contributed by atoms with Crippen LogP contribution in [0.25, 0.3) is 0 Å². The van der Waals surface area contributed by atoms with Gasteiger partial charge in [-0.05, 0) is 0 Å². The fourth-order valence-corrected chi connectivity index (χ4v) is 2.75. The molecule has 0 unspecified atom stereocenters. The lowest BCUT2D eigenvalue weighted by Gasteiger charge is -2.27. The maximum atomic E-state index is 10.2. The number of hydrogen-bond acceptors (Lipinski definition) is 4. The molecule has 0 bridgehead atoms. The zero-order valence-electron chi connectivity index (χ0n) is 8.55. The Morgan fingerprint density at radius 3 is 1.28 bits per heavy atom. The van der Waals surface area contributed by atoms with Gasteiger partial charge in [-0.3, -0.25) is 0 Å². The first-order valence-corrected chi connectivity index (χ1v) is 7.08. The molecule has 2 rings (SSSR count). The first kappa shape index (κ1) is 16.0. The van der Waals surface area contributed by atoms with Gasteiger partial charge >= 0.3 is 0 Å². The summed E-state index contributed by atoms with van der Waals surface area (Å²) in [7, 11) is 0. The van der Waals surface area contributed by atoms with Gasteiger partial charge in [0.2, 0.25) is 19.2 Å². The zero-order chi connectivity index (χ0) is 14.0. The number of halogens is 6. The van der Waals surface area contributed by atoms with Crippen LogP contribution in [0.3, 0.4) is 0 Å². The predicted octanol–water partition coefficient (Wildman–Crippen LogP) is 2.68. The van der Waals surface area contributed by atoms with Crippen molar-refractivity contribution < 1.29 is 19.7 Å². The smallest absolute Gasteiger partial charge is 0.224 e. The fraction of sp³-hybridized carbons (Fsp3) is 1.00. The number of rotatable bonds is 0. The molecule has 2 saturated heterocycles. The minimum Gasteiger partial charge on any atom is -0.361 e. The first-order chi connectivity index (χ1) is 7.87. The summed E-state index contributed by atoms with van der Waals surface area (Å²) in [6.07, 6.45) is -2.57. The summed E-state index contributed by atoms with van der Waals surface area (Å²) in [4.78, 5) is 0. The number of fused-ring (bicyclic) bond motifs is 1. The minimum absolute atomic E-state index is 0.253. The summed E-state index contributed by atoms with van der Waals surface area (Å²) in [5, 5.41) is 20.4. The lowest BCUT2D eigenvalue weighted by Crippen LogP contribution is -2.46. The summed E-state index contributed by atoms with van der Waals surface area (Å²) in [5.41, 5.74) is 0. The third-order valence-electron chi connectivity index (χ3n) is 2.94. The van der Waals surface area contributed by atoms with E-state index in [1.165, 1.54) is 0 Å².